The maximum absolute atomic E-state index is 13.2. The van der Waals surface area contributed by atoms with E-state index in [1.807, 2.05) is 13.8 Å². The summed E-state index contributed by atoms with van der Waals surface area (Å²) in [5.74, 6) is -1.69. The Balaban J connectivity index is 2.03. The molecule has 2 N–H and O–H groups in total. The van der Waals surface area contributed by atoms with Gasteiger partial charge in [0.15, 0.2) is 0 Å². The van der Waals surface area contributed by atoms with Gasteiger partial charge in [-0.05, 0) is 33.1 Å². The average molecular weight is 384 g/mol. The van der Waals surface area contributed by atoms with Gasteiger partial charge < -0.3 is 20.1 Å². The van der Waals surface area contributed by atoms with Crippen molar-refractivity contribution < 1.29 is 24.2 Å². The molecule has 0 aromatic heterocycles. The number of nitrogens with zero attached hydrogens (tertiary/aromatic N) is 1. The first-order valence-corrected chi connectivity index (χ1v) is 10.2. The number of nitrogens with one attached hydrogen (secondary N) is 1. The van der Waals surface area contributed by atoms with E-state index in [-0.39, 0.29) is 54.8 Å². The van der Waals surface area contributed by atoms with E-state index in [0.29, 0.717) is 0 Å². The average Bonchev–Trinajstić information content (AvgIpc) is 3.12. The third kappa shape index (κ3) is 2.64. The fourth-order valence-electron chi connectivity index (χ4n) is 5.04. The van der Waals surface area contributed by atoms with E-state index in [0.717, 1.165) is 6.42 Å². The summed E-state index contributed by atoms with van der Waals surface area (Å²) in [6.45, 7) is 7.73. The number of hydrogen-bond donors (Lipinski definition) is 2. The van der Waals surface area contributed by atoms with Gasteiger partial charge in [0.05, 0.1) is 29.8 Å². The molecule has 26 heavy (non-hydrogen) atoms. The van der Waals surface area contributed by atoms with Crippen LogP contribution in [0.4, 0.5) is 0 Å². The third-order valence-electron chi connectivity index (χ3n) is 5.82. The number of ether oxygens (including phenoxy) is 1. The molecule has 2 bridgehead atoms. The van der Waals surface area contributed by atoms with Crippen LogP contribution < -0.4 is 5.32 Å². The molecule has 2 amide bonds. The van der Waals surface area contributed by atoms with Crippen LogP contribution in [0.2, 0.25) is 0 Å². The zero-order chi connectivity index (χ0) is 19.2. The van der Waals surface area contributed by atoms with Gasteiger partial charge in [-0.3, -0.25) is 14.4 Å². The summed E-state index contributed by atoms with van der Waals surface area (Å²) in [5.41, 5.74) is 0. The molecule has 3 fully saturated rings. The van der Waals surface area contributed by atoms with Crippen molar-refractivity contribution in [3.8, 4) is 0 Å². The standard InChI is InChI=1S/C18H28N2O5S/c1-5-25-17(24)12-11-8-10(4)18(26-11)13(12)16(23)20(6-7-21)14(18)15(22)19-9(2)3/h9-14,21H,5-8H2,1-4H3,(H,19,22)/t10?,11-,12+,13-,14?,18?/m0/s1. The van der Waals surface area contributed by atoms with Crippen LogP contribution in [0.5, 0.6) is 0 Å². The monoisotopic (exact) mass is 384 g/mol. The second kappa shape index (κ2) is 7.03. The largest absolute Gasteiger partial charge is 0.466 e. The molecule has 0 saturated carbocycles. The minimum Gasteiger partial charge on any atom is -0.466 e. The summed E-state index contributed by atoms with van der Waals surface area (Å²) in [6, 6.07) is -0.720. The lowest BCUT2D eigenvalue weighted by atomic mass is 9.66. The number of carbonyl (C=O) groups is 3. The van der Waals surface area contributed by atoms with Crippen LogP contribution in [0, 0.1) is 17.8 Å². The first kappa shape index (κ1) is 19.5. The highest BCUT2D eigenvalue weighted by atomic mass is 32.2. The fourth-order valence-corrected chi connectivity index (χ4v) is 7.45. The number of hydrogen-bond acceptors (Lipinski definition) is 6. The summed E-state index contributed by atoms with van der Waals surface area (Å²) < 4.78 is 4.62. The quantitative estimate of drug-likeness (QED) is 0.644. The molecule has 3 aliphatic heterocycles. The minimum atomic E-state index is -0.668. The molecule has 3 unspecified atom stereocenters. The van der Waals surface area contributed by atoms with Crippen LogP contribution >= 0.6 is 11.8 Å². The number of carbonyl (C=O) groups excluding carboxylic acids is 3. The molecule has 3 saturated heterocycles. The highest BCUT2D eigenvalue weighted by Gasteiger charge is 2.76. The number of likely N-dealkylation sites (tertiary alicyclic amines) is 1. The third-order valence-corrected chi connectivity index (χ3v) is 7.90. The van der Waals surface area contributed by atoms with Gasteiger partial charge in [0.1, 0.15) is 6.04 Å². The number of aliphatic hydroxyl groups is 1. The van der Waals surface area contributed by atoms with Gasteiger partial charge in [-0.25, -0.2) is 0 Å². The molecule has 8 heteroatoms. The maximum atomic E-state index is 13.2. The van der Waals surface area contributed by atoms with E-state index in [1.54, 1.807) is 18.7 Å². The fraction of sp³-hybridized carbons (Fsp3) is 0.833. The summed E-state index contributed by atoms with van der Waals surface area (Å²) in [4.78, 5) is 40.4. The molecule has 3 aliphatic rings. The number of thioether (sulfide) groups is 1. The Bertz CT molecular complexity index is 612. The van der Waals surface area contributed by atoms with Crippen molar-refractivity contribution in [3.63, 3.8) is 0 Å². The molecular weight excluding hydrogens is 356 g/mol. The van der Waals surface area contributed by atoms with Crippen molar-refractivity contribution in [2.75, 3.05) is 19.8 Å². The van der Waals surface area contributed by atoms with Gasteiger partial charge in [0.2, 0.25) is 11.8 Å². The van der Waals surface area contributed by atoms with E-state index < -0.39 is 22.6 Å². The molecule has 6 atom stereocenters. The Hall–Kier alpha value is -1.28. The zero-order valence-electron chi connectivity index (χ0n) is 15.7. The topological polar surface area (TPSA) is 95.9 Å². The Morgan fingerprint density at radius 3 is 2.73 bits per heavy atom. The van der Waals surface area contributed by atoms with Crippen LogP contribution in [0.25, 0.3) is 0 Å². The molecule has 0 aromatic carbocycles. The number of aliphatic hydroxyl groups excluding tert-OH is 1. The SMILES string of the molecule is CCOC(=O)[C@@H]1[C@@H]2CC(C)C3(S2)C(C(=O)NC(C)C)N(CCO)C(=O)[C@H]13. The van der Waals surface area contributed by atoms with E-state index in [4.69, 9.17) is 4.74 Å². The van der Waals surface area contributed by atoms with Gasteiger partial charge in [0.25, 0.3) is 0 Å². The van der Waals surface area contributed by atoms with Crippen molar-refractivity contribution in [2.24, 2.45) is 17.8 Å². The highest BCUT2D eigenvalue weighted by Crippen LogP contribution is 2.68. The normalized spacial score (nSPS) is 38.0. The Morgan fingerprint density at radius 2 is 2.15 bits per heavy atom. The molecular formula is C18H28N2O5S. The second-order valence-electron chi connectivity index (χ2n) is 7.72. The van der Waals surface area contributed by atoms with Crippen molar-refractivity contribution in [2.45, 2.75) is 56.2 Å². The summed E-state index contributed by atoms with van der Waals surface area (Å²) >= 11 is 1.61. The van der Waals surface area contributed by atoms with Gasteiger partial charge in [-0.2, -0.15) is 0 Å². The van der Waals surface area contributed by atoms with E-state index in [9.17, 15) is 19.5 Å². The smallest absolute Gasteiger partial charge is 0.310 e. The van der Waals surface area contributed by atoms with Crippen LogP contribution in [0.3, 0.4) is 0 Å². The molecule has 0 radical (unpaired) electrons. The van der Waals surface area contributed by atoms with Crippen LogP contribution in [0.1, 0.15) is 34.1 Å². The van der Waals surface area contributed by atoms with Crippen LogP contribution in [0.15, 0.2) is 0 Å². The lowest BCUT2D eigenvalue weighted by Gasteiger charge is -2.38. The van der Waals surface area contributed by atoms with E-state index in [2.05, 4.69) is 12.2 Å². The molecule has 1 spiro atoms. The van der Waals surface area contributed by atoms with Crippen molar-refractivity contribution in [1.82, 2.24) is 10.2 Å². The van der Waals surface area contributed by atoms with E-state index >= 15 is 0 Å². The molecule has 0 aromatic rings. The van der Waals surface area contributed by atoms with E-state index in [1.165, 1.54) is 4.90 Å². The number of fused-ring (bicyclic) bond motifs is 1. The lowest BCUT2D eigenvalue weighted by molar-refractivity contribution is -0.154. The van der Waals surface area contributed by atoms with Crippen LogP contribution in [-0.2, 0) is 19.1 Å². The second-order valence-corrected chi connectivity index (χ2v) is 9.27. The predicted octanol–water partition coefficient (Wildman–Crippen LogP) is 0.404. The highest BCUT2D eigenvalue weighted by molar-refractivity contribution is 8.02. The number of β-amino-alcohol motifs (C(OH)–C–C–N with tert-alkyl or cyclic N) is 1. The van der Waals surface area contributed by atoms with Gasteiger partial charge >= 0.3 is 5.97 Å². The molecule has 7 nitrogen and oxygen atoms in total. The predicted molar refractivity (Wildman–Crippen MR) is 97.4 cm³/mol. The summed E-state index contributed by atoms with van der Waals surface area (Å²) in [5, 5.41) is 12.4. The van der Waals surface area contributed by atoms with Crippen molar-refractivity contribution in [3.05, 3.63) is 0 Å². The first-order valence-electron chi connectivity index (χ1n) is 9.35. The summed E-state index contributed by atoms with van der Waals surface area (Å²) in [6.07, 6.45) is 0.788. The lowest BCUT2D eigenvalue weighted by Crippen LogP contribution is -2.57. The number of rotatable bonds is 6. The van der Waals surface area contributed by atoms with Crippen LogP contribution in [-0.4, -0.2) is 69.6 Å². The Kier molecular flexibility index (Phi) is 5.27. The molecule has 3 heterocycles. The molecule has 3 rings (SSSR count). The first-order chi connectivity index (χ1) is 12.3. The number of amides is 2. The maximum Gasteiger partial charge on any atom is 0.310 e. The van der Waals surface area contributed by atoms with Gasteiger partial charge in [0, 0.05) is 17.8 Å². The molecule has 146 valence electrons. The molecule has 0 aliphatic carbocycles. The van der Waals surface area contributed by atoms with Gasteiger partial charge in [-0.1, -0.05) is 6.92 Å². The Labute approximate surface area is 158 Å². The van der Waals surface area contributed by atoms with Crippen molar-refractivity contribution >= 4 is 29.5 Å². The zero-order valence-corrected chi connectivity index (χ0v) is 16.5. The van der Waals surface area contributed by atoms with Crippen molar-refractivity contribution in [1.29, 1.82) is 0 Å². The number of esters is 1. The minimum absolute atomic E-state index is 0.00336. The van der Waals surface area contributed by atoms with Gasteiger partial charge in [-0.15, -0.1) is 11.8 Å². The summed E-state index contributed by atoms with van der Waals surface area (Å²) in [7, 11) is 0. The Morgan fingerprint density at radius 1 is 1.46 bits per heavy atom.